The van der Waals surface area contributed by atoms with Gasteiger partial charge in [-0.1, -0.05) is 24.3 Å². The van der Waals surface area contributed by atoms with Crippen LogP contribution in [-0.4, -0.2) is 61.1 Å². The Labute approximate surface area is 254 Å². The summed E-state index contributed by atoms with van der Waals surface area (Å²) in [6.07, 6.45) is -4.36. The van der Waals surface area contributed by atoms with E-state index in [4.69, 9.17) is 14.9 Å². The Bertz CT molecular complexity index is 1580. The monoisotopic (exact) mass is 663 g/mol. The number of sulfonamides is 1. The average molecular weight is 664 g/mol. The normalized spacial score (nSPS) is 18.9. The molecule has 2 fully saturated rings. The molecule has 2 aliphatic rings. The second-order valence-electron chi connectivity index (χ2n) is 10.7. The van der Waals surface area contributed by atoms with Gasteiger partial charge in [0.25, 0.3) is 0 Å². The number of para-hydroxylation sites is 2. The third-order valence-electron chi connectivity index (χ3n) is 7.21. The van der Waals surface area contributed by atoms with Gasteiger partial charge < -0.3 is 20.5 Å². The molecule has 0 atom stereocenters. The fourth-order valence-corrected chi connectivity index (χ4v) is 5.99. The lowest BCUT2D eigenvalue weighted by Gasteiger charge is -2.28. The van der Waals surface area contributed by atoms with E-state index in [0.717, 1.165) is 67.4 Å². The molecule has 17 heteroatoms. The van der Waals surface area contributed by atoms with Gasteiger partial charge in [0.2, 0.25) is 16.0 Å². The summed E-state index contributed by atoms with van der Waals surface area (Å²) < 4.78 is 102. The Balaban J connectivity index is 0.000000591. The third kappa shape index (κ3) is 10.3. The number of hydrogen-bond donors (Lipinski definition) is 4. The molecule has 0 amide bonds. The van der Waals surface area contributed by atoms with Gasteiger partial charge in [-0.05, 0) is 74.6 Å². The van der Waals surface area contributed by atoms with E-state index in [-0.39, 0.29) is 12.5 Å². The van der Waals surface area contributed by atoms with Crippen LogP contribution >= 0.6 is 0 Å². The lowest BCUT2D eigenvalue weighted by atomic mass is 9.82. The van der Waals surface area contributed by atoms with Gasteiger partial charge in [0, 0.05) is 24.5 Å². The number of aliphatic carboxylic acids is 1. The van der Waals surface area contributed by atoms with E-state index >= 15 is 0 Å². The van der Waals surface area contributed by atoms with Crippen molar-refractivity contribution in [3.05, 3.63) is 48.5 Å². The summed E-state index contributed by atoms with van der Waals surface area (Å²) in [6, 6.07) is 13.1. The van der Waals surface area contributed by atoms with Gasteiger partial charge in [-0.25, -0.2) is 22.9 Å². The fraction of sp³-hybridized carbons (Fsp3) is 0.464. The topological polar surface area (TPSA) is 143 Å². The highest BCUT2D eigenvalue weighted by Crippen LogP contribution is 2.32. The molecule has 45 heavy (non-hydrogen) atoms. The van der Waals surface area contributed by atoms with E-state index in [1.165, 1.54) is 12.1 Å². The Morgan fingerprint density at radius 2 is 1.44 bits per heavy atom. The highest BCUT2D eigenvalue weighted by atomic mass is 32.2. The number of rotatable bonds is 10. The second-order valence-corrected chi connectivity index (χ2v) is 12.5. The van der Waals surface area contributed by atoms with Gasteiger partial charge in [0.05, 0.1) is 5.52 Å². The van der Waals surface area contributed by atoms with E-state index in [1.807, 2.05) is 24.3 Å². The zero-order valence-corrected chi connectivity index (χ0v) is 24.5. The van der Waals surface area contributed by atoms with Crippen molar-refractivity contribution in [1.82, 2.24) is 14.7 Å². The predicted octanol–water partition coefficient (Wildman–Crippen LogP) is 5.93. The number of aromatic nitrogens is 2. The maximum Gasteiger partial charge on any atom is 0.573 e. The zero-order chi connectivity index (χ0) is 32.8. The molecule has 246 valence electrons. The number of ether oxygens (including phenoxy) is 1. The van der Waals surface area contributed by atoms with Crippen molar-refractivity contribution in [3.63, 3.8) is 0 Å². The van der Waals surface area contributed by atoms with E-state index in [2.05, 4.69) is 25.1 Å². The quantitative estimate of drug-likeness (QED) is 0.194. The average Bonchev–Trinajstić information content (AvgIpc) is 3.79. The molecule has 1 aromatic heterocycles. The molecule has 0 unspecified atom stereocenters. The number of nitrogens with one attached hydrogen (secondary N) is 3. The summed E-state index contributed by atoms with van der Waals surface area (Å²) in [7, 11) is -4.16. The van der Waals surface area contributed by atoms with Crippen molar-refractivity contribution in [2.24, 2.45) is 11.8 Å². The number of carboxylic acid groups (broad SMARTS) is 1. The minimum atomic E-state index is -5.08. The Morgan fingerprint density at radius 1 is 0.867 bits per heavy atom. The van der Waals surface area contributed by atoms with E-state index in [1.54, 1.807) is 0 Å². The molecule has 2 aromatic carbocycles. The first-order valence-electron chi connectivity index (χ1n) is 14.0. The molecule has 4 N–H and O–H groups in total. The molecule has 5 rings (SSSR count). The largest absolute Gasteiger partial charge is 0.573 e. The van der Waals surface area contributed by atoms with Crippen LogP contribution in [0.15, 0.2) is 53.4 Å². The van der Waals surface area contributed by atoms with Gasteiger partial charge in [-0.15, -0.1) is 13.2 Å². The van der Waals surface area contributed by atoms with Crippen LogP contribution in [0.3, 0.4) is 0 Å². The summed E-state index contributed by atoms with van der Waals surface area (Å²) in [4.78, 5) is 17.7. The predicted molar refractivity (Wildman–Crippen MR) is 152 cm³/mol. The number of nitrogens with zero attached hydrogens (tertiary/aromatic N) is 2. The summed E-state index contributed by atoms with van der Waals surface area (Å²) in [6.45, 7) is 0.870. The van der Waals surface area contributed by atoms with E-state index < -0.39 is 39.2 Å². The van der Waals surface area contributed by atoms with Crippen LogP contribution in [0, 0.1) is 11.8 Å². The number of alkyl halides is 6. The number of carboxylic acids is 1. The molecule has 3 aromatic rings. The van der Waals surface area contributed by atoms with Crippen LogP contribution in [0.4, 0.5) is 38.1 Å². The number of carbonyl (C=O) groups is 1. The van der Waals surface area contributed by atoms with Crippen molar-refractivity contribution < 1.29 is 49.4 Å². The first-order chi connectivity index (χ1) is 21.1. The van der Waals surface area contributed by atoms with Crippen molar-refractivity contribution in [2.75, 3.05) is 23.7 Å². The molecule has 0 bridgehead atoms. The molecule has 1 heterocycles. The first kappa shape index (κ1) is 34.0. The van der Waals surface area contributed by atoms with Crippen molar-refractivity contribution >= 4 is 38.7 Å². The molecular weight excluding hydrogens is 632 g/mol. The number of benzene rings is 2. The first-order valence-corrected chi connectivity index (χ1v) is 15.5. The highest BCUT2D eigenvalue weighted by Gasteiger charge is 2.38. The number of anilines is 2. The van der Waals surface area contributed by atoms with Crippen LogP contribution < -0.4 is 20.1 Å². The summed E-state index contributed by atoms with van der Waals surface area (Å²) >= 11 is 0. The van der Waals surface area contributed by atoms with Crippen molar-refractivity contribution in [2.45, 2.75) is 62.0 Å². The van der Waals surface area contributed by atoms with E-state index in [0.29, 0.717) is 24.5 Å². The maximum atomic E-state index is 12.7. The van der Waals surface area contributed by atoms with Crippen LogP contribution in [0.5, 0.6) is 5.75 Å². The maximum absolute atomic E-state index is 12.7. The molecule has 0 saturated heterocycles. The Hall–Kier alpha value is -3.86. The number of halogens is 6. The molecular formula is C28H31F6N5O5S. The van der Waals surface area contributed by atoms with E-state index in [9.17, 15) is 34.8 Å². The van der Waals surface area contributed by atoms with Crippen LogP contribution in [0.25, 0.3) is 10.9 Å². The Morgan fingerprint density at radius 3 is 2.04 bits per heavy atom. The zero-order valence-electron chi connectivity index (χ0n) is 23.7. The van der Waals surface area contributed by atoms with Gasteiger partial charge in [-0.3, -0.25) is 0 Å². The second kappa shape index (κ2) is 14.1. The molecule has 2 aliphatic carbocycles. The highest BCUT2D eigenvalue weighted by molar-refractivity contribution is 7.89. The van der Waals surface area contributed by atoms with Crippen LogP contribution in [-0.2, 0) is 14.8 Å². The standard InChI is InChI=1S/C26H30F3N5O3S.C2HF3O2/c27-26(28,29)37-22-7-3-4-8-23(22)38(35,36)31-16-18-11-9-17(10-12-18)15-30-25-33-21-6-2-1-5-20(21)24(34-25)32-19-13-14-19;3-2(4,5)1(6)7/h1-8,17-19,31H,9-16H2,(H2,30,32,33,34);(H,6,7). The third-order valence-corrected chi connectivity index (χ3v) is 8.67. The smallest absolute Gasteiger partial charge is 0.475 e. The number of hydrogen-bond acceptors (Lipinski definition) is 8. The van der Waals surface area contributed by atoms with Crippen LogP contribution in [0.1, 0.15) is 38.5 Å². The summed E-state index contributed by atoms with van der Waals surface area (Å²) in [5.74, 6) is -1.58. The lowest BCUT2D eigenvalue weighted by Crippen LogP contribution is -2.33. The molecule has 0 radical (unpaired) electrons. The summed E-state index contributed by atoms with van der Waals surface area (Å²) in [5, 5.41) is 15.0. The van der Waals surface area contributed by atoms with Gasteiger partial charge in [0.1, 0.15) is 16.5 Å². The molecule has 2 saturated carbocycles. The van der Waals surface area contributed by atoms with Gasteiger partial charge in [0.15, 0.2) is 0 Å². The van der Waals surface area contributed by atoms with Gasteiger partial charge >= 0.3 is 18.5 Å². The minimum absolute atomic E-state index is 0.1000. The summed E-state index contributed by atoms with van der Waals surface area (Å²) in [5.41, 5.74) is 0.881. The Kier molecular flexibility index (Phi) is 10.6. The fourth-order valence-electron chi connectivity index (χ4n) is 4.75. The molecule has 0 spiro atoms. The minimum Gasteiger partial charge on any atom is -0.475 e. The SMILES string of the molecule is O=C(O)C(F)(F)F.O=S(=O)(NCC1CCC(CNc2nc(NC3CC3)c3ccccc3n2)CC1)c1ccccc1OC(F)(F)F. The van der Waals surface area contributed by atoms with Gasteiger partial charge in [-0.2, -0.15) is 18.2 Å². The molecule has 0 aliphatic heterocycles. The van der Waals surface area contributed by atoms with Crippen molar-refractivity contribution in [3.8, 4) is 5.75 Å². The van der Waals surface area contributed by atoms with Crippen molar-refractivity contribution in [1.29, 1.82) is 0 Å². The van der Waals surface area contributed by atoms with Crippen LogP contribution in [0.2, 0.25) is 0 Å². The lowest BCUT2D eigenvalue weighted by molar-refractivity contribution is -0.275. The number of fused-ring (bicyclic) bond motifs is 1. The molecule has 10 nitrogen and oxygen atoms in total.